The molecule has 1 rings (SSSR count). The summed E-state index contributed by atoms with van der Waals surface area (Å²) in [6, 6.07) is 0. The van der Waals surface area contributed by atoms with Crippen LogP contribution in [0.5, 0.6) is 0 Å². The first kappa shape index (κ1) is 12.0. The van der Waals surface area contributed by atoms with Gasteiger partial charge in [-0.2, -0.15) is 0 Å². The van der Waals surface area contributed by atoms with Crippen LogP contribution in [0.1, 0.15) is 0 Å². The molecule has 0 aromatic rings. The van der Waals surface area contributed by atoms with E-state index in [-0.39, 0.29) is 5.97 Å². The molecule has 0 bridgehead atoms. The molecule has 0 atom stereocenters. The molecule has 0 amide bonds. The van der Waals surface area contributed by atoms with Gasteiger partial charge in [0.1, 0.15) is 0 Å². The van der Waals surface area contributed by atoms with Crippen LogP contribution in [0.15, 0.2) is 12.3 Å². The smallest absolute Gasteiger partial charge is 0.331 e. The Morgan fingerprint density at radius 1 is 1.53 bits per heavy atom. The van der Waals surface area contributed by atoms with Gasteiger partial charge in [-0.3, -0.25) is 4.90 Å². The van der Waals surface area contributed by atoms with Crippen molar-refractivity contribution >= 4 is 5.97 Å². The lowest BCUT2D eigenvalue weighted by Crippen LogP contribution is -2.39. The van der Waals surface area contributed by atoms with Crippen LogP contribution >= 0.6 is 0 Å². The molecule has 86 valence electrons. The molecular formula is C10H18N2O3. The van der Waals surface area contributed by atoms with E-state index in [2.05, 4.69) is 15.0 Å². The number of nitrogens with zero attached hydrogens (tertiary/aromatic N) is 1. The van der Waals surface area contributed by atoms with Crippen molar-refractivity contribution < 1.29 is 14.3 Å². The fourth-order valence-electron chi connectivity index (χ4n) is 1.33. The van der Waals surface area contributed by atoms with Crippen LogP contribution in [0, 0.1) is 0 Å². The Hall–Kier alpha value is -1.07. The second-order valence-electron chi connectivity index (χ2n) is 3.26. The maximum Gasteiger partial charge on any atom is 0.331 e. The number of carbonyl (C=O) groups is 1. The van der Waals surface area contributed by atoms with Crippen molar-refractivity contribution in [1.29, 1.82) is 0 Å². The summed E-state index contributed by atoms with van der Waals surface area (Å²) in [5.74, 6) is -0.339. The monoisotopic (exact) mass is 214 g/mol. The first-order chi connectivity index (χ1) is 7.33. The quantitative estimate of drug-likeness (QED) is 0.383. The fourth-order valence-corrected chi connectivity index (χ4v) is 1.33. The average molecular weight is 214 g/mol. The predicted octanol–water partition coefficient (Wildman–Crippen LogP) is -0.405. The number of nitrogens with one attached hydrogen (secondary N) is 1. The van der Waals surface area contributed by atoms with Gasteiger partial charge in [0.25, 0.3) is 0 Å². The van der Waals surface area contributed by atoms with Crippen molar-refractivity contribution in [1.82, 2.24) is 10.2 Å². The summed E-state index contributed by atoms with van der Waals surface area (Å²) >= 11 is 0. The third-order valence-corrected chi connectivity index (χ3v) is 2.21. The van der Waals surface area contributed by atoms with Crippen molar-refractivity contribution in [2.24, 2.45) is 0 Å². The van der Waals surface area contributed by atoms with E-state index in [4.69, 9.17) is 4.74 Å². The second kappa shape index (κ2) is 7.25. The Morgan fingerprint density at radius 3 is 2.93 bits per heavy atom. The maximum atomic E-state index is 10.7. The lowest BCUT2D eigenvalue weighted by Gasteiger charge is -2.26. The molecule has 0 aromatic carbocycles. The molecule has 0 radical (unpaired) electrons. The number of esters is 1. The Kier molecular flexibility index (Phi) is 5.80. The summed E-state index contributed by atoms with van der Waals surface area (Å²) in [5.41, 5.74) is 0. The number of methoxy groups -OCH3 is 1. The third kappa shape index (κ3) is 5.39. The third-order valence-electron chi connectivity index (χ3n) is 2.21. The van der Waals surface area contributed by atoms with Crippen molar-refractivity contribution in [3.05, 3.63) is 12.3 Å². The van der Waals surface area contributed by atoms with Crippen LogP contribution in [0.4, 0.5) is 0 Å². The van der Waals surface area contributed by atoms with E-state index in [9.17, 15) is 4.79 Å². The van der Waals surface area contributed by atoms with Gasteiger partial charge < -0.3 is 14.8 Å². The molecule has 1 saturated heterocycles. The van der Waals surface area contributed by atoms with E-state index in [0.29, 0.717) is 0 Å². The van der Waals surface area contributed by atoms with E-state index in [1.54, 1.807) is 6.20 Å². The molecule has 1 N–H and O–H groups in total. The summed E-state index contributed by atoms with van der Waals surface area (Å²) in [6.07, 6.45) is 2.99. The molecule has 0 aliphatic carbocycles. The maximum absolute atomic E-state index is 10.7. The molecule has 1 aliphatic rings. The summed E-state index contributed by atoms with van der Waals surface area (Å²) in [7, 11) is 1.36. The zero-order chi connectivity index (χ0) is 10.9. The predicted molar refractivity (Wildman–Crippen MR) is 56.4 cm³/mol. The van der Waals surface area contributed by atoms with Crippen molar-refractivity contribution in [2.45, 2.75) is 0 Å². The summed E-state index contributed by atoms with van der Waals surface area (Å²) in [6.45, 7) is 5.41. The minimum absolute atomic E-state index is 0.339. The normalized spacial score (nSPS) is 17.9. The number of hydrogen-bond donors (Lipinski definition) is 1. The molecule has 1 fully saturated rings. The Bertz CT molecular complexity index is 213. The molecule has 1 heterocycles. The van der Waals surface area contributed by atoms with Gasteiger partial charge in [0.2, 0.25) is 0 Å². The molecule has 0 aromatic heterocycles. The highest BCUT2D eigenvalue weighted by molar-refractivity contribution is 5.81. The van der Waals surface area contributed by atoms with Gasteiger partial charge in [-0.05, 0) is 0 Å². The molecule has 5 nitrogen and oxygen atoms in total. The highest BCUT2D eigenvalue weighted by Crippen LogP contribution is 1.94. The first-order valence-electron chi connectivity index (χ1n) is 5.11. The highest BCUT2D eigenvalue weighted by atomic mass is 16.5. The zero-order valence-electron chi connectivity index (χ0n) is 9.07. The molecule has 0 spiro atoms. The largest absolute Gasteiger partial charge is 0.466 e. The van der Waals surface area contributed by atoms with Crippen LogP contribution in [0.25, 0.3) is 0 Å². The van der Waals surface area contributed by atoms with Crippen molar-refractivity contribution in [3.8, 4) is 0 Å². The van der Waals surface area contributed by atoms with Gasteiger partial charge in [-0.15, -0.1) is 0 Å². The standard InChI is InChI=1S/C10H18N2O3/c1-14-10(13)2-3-11-4-5-12-6-8-15-9-7-12/h2-3,11H,4-9H2,1H3/b3-2+. The SMILES string of the molecule is COC(=O)/C=C/NCCN1CCOCC1. The van der Waals surface area contributed by atoms with E-state index >= 15 is 0 Å². The molecule has 0 saturated carbocycles. The summed E-state index contributed by atoms with van der Waals surface area (Å²) in [5, 5.41) is 3.03. The zero-order valence-corrected chi connectivity index (χ0v) is 9.07. The van der Waals surface area contributed by atoms with Crippen LogP contribution in [-0.4, -0.2) is 57.4 Å². The van der Waals surface area contributed by atoms with Crippen LogP contribution in [-0.2, 0) is 14.3 Å². The van der Waals surface area contributed by atoms with Gasteiger partial charge in [0.15, 0.2) is 0 Å². The Labute approximate surface area is 90.0 Å². The minimum atomic E-state index is -0.339. The van der Waals surface area contributed by atoms with E-state index in [1.165, 1.54) is 13.2 Å². The number of ether oxygens (including phenoxy) is 2. The lowest BCUT2D eigenvalue weighted by atomic mass is 10.4. The van der Waals surface area contributed by atoms with Gasteiger partial charge >= 0.3 is 5.97 Å². The average Bonchev–Trinajstić information content (AvgIpc) is 2.29. The van der Waals surface area contributed by atoms with Crippen LogP contribution in [0.3, 0.4) is 0 Å². The lowest BCUT2D eigenvalue weighted by molar-refractivity contribution is -0.134. The molecule has 5 heteroatoms. The summed E-state index contributed by atoms with van der Waals surface area (Å²) < 4.78 is 9.69. The van der Waals surface area contributed by atoms with Gasteiger partial charge in [0, 0.05) is 38.5 Å². The first-order valence-corrected chi connectivity index (χ1v) is 5.11. The number of hydrogen-bond acceptors (Lipinski definition) is 5. The van der Waals surface area contributed by atoms with E-state index < -0.39 is 0 Å². The van der Waals surface area contributed by atoms with Crippen molar-refractivity contribution in [3.63, 3.8) is 0 Å². The van der Waals surface area contributed by atoms with Crippen LogP contribution in [0.2, 0.25) is 0 Å². The second-order valence-corrected chi connectivity index (χ2v) is 3.26. The van der Waals surface area contributed by atoms with Gasteiger partial charge in [-0.1, -0.05) is 0 Å². The van der Waals surface area contributed by atoms with Gasteiger partial charge in [0.05, 0.1) is 20.3 Å². The van der Waals surface area contributed by atoms with Gasteiger partial charge in [-0.25, -0.2) is 4.79 Å². The molecule has 15 heavy (non-hydrogen) atoms. The van der Waals surface area contributed by atoms with E-state index in [1.807, 2.05) is 0 Å². The molecule has 1 aliphatic heterocycles. The summed E-state index contributed by atoms with van der Waals surface area (Å²) in [4.78, 5) is 13.0. The Morgan fingerprint density at radius 2 is 2.27 bits per heavy atom. The topological polar surface area (TPSA) is 50.8 Å². The van der Waals surface area contributed by atoms with Crippen molar-refractivity contribution in [2.75, 3.05) is 46.5 Å². The minimum Gasteiger partial charge on any atom is -0.466 e. The fraction of sp³-hybridized carbons (Fsp3) is 0.700. The number of rotatable bonds is 5. The molecule has 0 unspecified atom stereocenters. The molecular weight excluding hydrogens is 196 g/mol. The Balaban J connectivity index is 2.00. The van der Waals surface area contributed by atoms with Crippen LogP contribution < -0.4 is 5.32 Å². The van der Waals surface area contributed by atoms with E-state index in [0.717, 1.165) is 39.4 Å². The number of carbonyl (C=O) groups excluding carboxylic acids is 1. The highest BCUT2D eigenvalue weighted by Gasteiger charge is 2.08. The number of morpholine rings is 1.